The van der Waals surface area contributed by atoms with Crippen molar-refractivity contribution in [2.24, 2.45) is 0 Å². The van der Waals surface area contributed by atoms with Crippen LogP contribution < -0.4 is 4.74 Å². The van der Waals surface area contributed by atoms with Crippen molar-refractivity contribution >= 4 is 22.1 Å². The fourth-order valence-electron chi connectivity index (χ4n) is 2.57. The molecule has 0 unspecified atom stereocenters. The number of carbonyl (C=O) groups is 1. The second kappa shape index (κ2) is 6.63. The number of aromatic nitrogens is 1. The summed E-state index contributed by atoms with van der Waals surface area (Å²) in [5, 5.41) is 11.8. The number of amides is 1. The molecule has 6 heteroatoms. The lowest BCUT2D eigenvalue weighted by molar-refractivity contribution is -1.01. The molecule has 0 atom stereocenters. The van der Waals surface area contributed by atoms with E-state index in [0.29, 0.717) is 0 Å². The monoisotopic (exact) mass is 359 g/mol. The summed E-state index contributed by atoms with van der Waals surface area (Å²) in [7, 11) is 2.93. The molecular formula is C19H23N2O3S+. The lowest BCUT2D eigenvalue weighted by Gasteiger charge is -2.15. The van der Waals surface area contributed by atoms with Crippen LogP contribution in [0.4, 0.5) is 0 Å². The summed E-state index contributed by atoms with van der Waals surface area (Å²) in [5.41, 5.74) is 3.08. The molecule has 5 nitrogen and oxygen atoms in total. The predicted molar refractivity (Wildman–Crippen MR) is 99.1 cm³/mol. The van der Waals surface area contributed by atoms with Crippen LogP contribution in [-0.2, 0) is 11.2 Å². The molecule has 0 fully saturated rings. The molecule has 0 saturated heterocycles. The van der Waals surface area contributed by atoms with Gasteiger partial charge in [-0.1, -0.05) is 12.1 Å². The van der Waals surface area contributed by atoms with Gasteiger partial charge in [0, 0.05) is 22.8 Å². The molecule has 132 valence electrons. The minimum Gasteiger partial charge on any atom is -0.491 e. The van der Waals surface area contributed by atoms with E-state index in [1.54, 1.807) is 11.3 Å². The molecule has 1 N–H and O–H groups in total. The molecule has 3 aromatic rings. The van der Waals surface area contributed by atoms with Gasteiger partial charge in [-0.3, -0.25) is 0 Å². The normalized spacial score (nSPS) is 12.1. The van der Waals surface area contributed by atoms with E-state index >= 15 is 0 Å². The predicted octanol–water partition coefficient (Wildman–Crippen LogP) is 3.99. The summed E-state index contributed by atoms with van der Waals surface area (Å²) in [4.78, 5) is 13.2. The lowest BCUT2D eigenvalue weighted by Crippen LogP contribution is -2.43. The van der Waals surface area contributed by atoms with Crippen LogP contribution in [0.1, 0.15) is 19.5 Å². The van der Waals surface area contributed by atoms with Gasteiger partial charge in [-0.25, -0.2) is 10.0 Å². The third kappa shape index (κ3) is 3.92. The molecule has 0 saturated carbocycles. The van der Waals surface area contributed by atoms with Gasteiger partial charge in [-0.2, -0.15) is 0 Å². The first kappa shape index (κ1) is 17.7. The topological polar surface area (TPSA) is 50.9 Å². The Morgan fingerprint density at radius 1 is 1.24 bits per heavy atom. The zero-order valence-electron chi connectivity index (χ0n) is 14.9. The highest BCUT2D eigenvalue weighted by Crippen LogP contribution is 2.29. The van der Waals surface area contributed by atoms with E-state index in [0.717, 1.165) is 27.4 Å². The van der Waals surface area contributed by atoms with Gasteiger partial charge in [0.1, 0.15) is 26.3 Å². The number of quaternary nitrogens is 1. The smallest absolute Gasteiger partial charge is 0.351 e. The number of fused-ring (bicyclic) bond motifs is 1. The van der Waals surface area contributed by atoms with Gasteiger partial charge in [0.2, 0.25) is 0 Å². The Balaban J connectivity index is 1.86. The standard InChI is InChI=1S/C19H23N2O3S/c1-13(2)24-17-7-5-14(6-8-17)15-9-18-20(11-15)16(12-25-18)10-19(22)21(3,4)23/h5-9,11-13,23H,10H2,1-4H3/q+1. The van der Waals surface area contributed by atoms with E-state index in [1.807, 2.05) is 54.1 Å². The van der Waals surface area contributed by atoms with Gasteiger partial charge in [-0.15, -0.1) is 16.0 Å². The average molecular weight is 359 g/mol. The zero-order chi connectivity index (χ0) is 18.2. The Morgan fingerprint density at radius 2 is 1.92 bits per heavy atom. The highest BCUT2D eigenvalue weighted by Gasteiger charge is 2.25. The maximum absolute atomic E-state index is 12.1. The van der Waals surface area contributed by atoms with E-state index in [4.69, 9.17) is 4.74 Å². The first-order valence-corrected chi connectivity index (χ1v) is 9.07. The van der Waals surface area contributed by atoms with Crippen LogP contribution in [0.2, 0.25) is 0 Å². The molecule has 0 aliphatic heterocycles. The zero-order valence-corrected chi connectivity index (χ0v) is 15.7. The van der Waals surface area contributed by atoms with E-state index in [1.165, 1.54) is 14.1 Å². The average Bonchev–Trinajstić information content (AvgIpc) is 3.08. The number of benzene rings is 1. The first-order chi connectivity index (χ1) is 11.7. The van der Waals surface area contributed by atoms with Crippen LogP contribution in [0.25, 0.3) is 16.0 Å². The number of likely N-dealkylation sites (N-methyl/N-ethyl adjacent to an activating group) is 1. The maximum Gasteiger partial charge on any atom is 0.351 e. The number of hydroxylamine groups is 3. The largest absolute Gasteiger partial charge is 0.491 e. The van der Waals surface area contributed by atoms with Crippen molar-refractivity contribution in [3.63, 3.8) is 0 Å². The van der Waals surface area contributed by atoms with Crippen molar-refractivity contribution in [3.8, 4) is 16.9 Å². The van der Waals surface area contributed by atoms with E-state index in [-0.39, 0.29) is 18.4 Å². The minimum absolute atomic E-state index is 0.153. The number of carbonyl (C=O) groups excluding carboxylic acids is 1. The Hall–Kier alpha value is -2.15. The van der Waals surface area contributed by atoms with Crippen molar-refractivity contribution in [2.45, 2.75) is 26.4 Å². The SMILES string of the molecule is CC(C)Oc1ccc(-c2cc3scc(CC(=O)[N+](C)(C)O)n3c2)cc1. The summed E-state index contributed by atoms with van der Waals surface area (Å²) < 4.78 is 7.03. The van der Waals surface area contributed by atoms with Gasteiger partial charge in [0.25, 0.3) is 0 Å². The molecular weight excluding hydrogens is 336 g/mol. The van der Waals surface area contributed by atoms with Crippen LogP contribution in [0.3, 0.4) is 0 Å². The van der Waals surface area contributed by atoms with Crippen molar-refractivity contribution in [1.82, 2.24) is 4.40 Å². The molecule has 25 heavy (non-hydrogen) atoms. The van der Waals surface area contributed by atoms with Crippen molar-refractivity contribution in [3.05, 3.63) is 47.6 Å². The highest BCUT2D eigenvalue weighted by atomic mass is 32.1. The third-order valence-electron chi connectivity index (χ3n) is 3.91. The summed E-state index contributed by atoms with van der Waals surface area (Å²) in [6.07, 6.45) is 2.38. The number of rotatable bonds is 5. The molecule has 0 bridgehead atoms. The van der Waals surface area contributed by atoms with E-state index in [9.17, 15) is 10.0 Å². The van der Waals surface area contributed by atoms with Crippen molar-refractivity contribution in [1.29, 1.82) is 0 Å². The third-order valence-corrected chi connectivity index (χ3v) is 4.86. The van der Waals surface area contributed by atoms with Crippen LogP contribution in [0, 0.1) is 0 Å². The lowest BCUT2D eigenvalue weighted by atomic mass is 10.1. The van der Waals surface area contributed by atoms with Gasteiger partial charge in [-0.05, 0) is 37.6 Å². The van der Waals surface area contributed by atoms with Crippen LogP contribution in [0.15, 0.2) is 41.9 Å². The van der Waals surface area contributed by atoms with Crippen molar-refractivity contribution in [2.75, 3.05) is 14.1 Å². The molecule has 0 radical (unpaired) electrons. The maximum atomic E-state index is 12.1. The van der Waals surface area contributed by atoms with Crippen LogP contribution in [-0.4, -0.2) is 40.4 Å². The van der Waals surface area contributed by atoms with Crippen molar-refractivity contribution < 1.29 is 19.4 Å². The molecule has 3 rings (SSSR count). The molecule has 0 aliphatic carbocycles. The number of thiazole rings is 1. The second-order valence-electron chi connectivity index (χ2n) is 6.82. The summed E-state index contributed by atoms with van der Waals surface area (Å²) in [6.45, 7) is 4.01. The van der Waals surface area contributed by atoms with E-state index < -0.39 is 4.65 Å². The second-order valence-corrected chi connectivity index (χ2v) is 7.71. The number of ether oxygens (including phenoxy) is 1. The minimum atomic E-state index is -0.664. The summed E-state index contributed by atoms with van der Waals surface area (Å²) in [6, 6.07) is 10.1. The van der Waals surface area contributed by atoms with Gasteiger partial charge < -0.3 is 9.14 Å². The molecule has 0 aliphatic rings. The number of nitrogens with zero attached hydrogens (tertiary/aromatic N) is 2. The van der Waals surface area contributed by atoms with Crippen LogP contribution in [0.5, 0.6) is 5.75 Å². The van der Waals surface area contributed by atoms with Crippen LogP contribution >= 0.6 is 11.3 Å². The fourth-order valence-corrected chi connectivity index (χ4v) is 3.51. The Labute approximate surface area is 151 Å². The number of hydrogen-bond acceptors (Lipinski definition) is 4. The van der Waals surface area contributed by atoms with Gasteiger partial charge in [0.05, 0.1) is 10.9 Å². The Bertz CT molecular complexity index is 886. The molecule has 2 heterocycles. The Kier molecular flexibility index (Phi) is 4.69. The quantitative estimate of drug-likeness (QED) is 0.426. The summed E-state index contributed by atoms with van der Waals surface area (Å²) >= 11 is 1.59. The van der Waals surface area contributed by atoms with Gasteiger partial charge >= 0.3 is 5.91 Å². The number of hydrogen-bond donors (Lipinski definition) is 1. The fraction of sp³-hybridized carbons (Fsp3) is 0.316. The summed E-state index contributed by atoms with van der Waals surface area (Å²) in [5.74, 6) is 0.610. The molecule has 1 amide bonds. The molecule has 1 aromatic carbocycles. The molecule has 2 aromatic heterocycles. The Morgan fingerprint density at radius 3 is 2.52 bits per heavy atom. The van der Waals surface area contributed by atoms with Gasteiger partial charge in [0.15, 0.2) is 0 Å². The molecule has 0 spiro atoms. The first-order valence-electron chi connectivity index (χ1n) is 8.20. The van der Waals surface area contributed by atoms with E-state index in [2.05, 4.69) is 6.07 Å². The highest BCUT2D eigenvalue weighted by molar-refractivity contribution is 7.15.